The lowest BCUT2D eigenvalue weighted by Crippen LogP contribution is -2.68. The number of hydrogen-bond donors (Lipinski definition) is 8. The highest BCUT2D eigenvalue weighted by Crippen LogP contribution is 2.75. The molecule has 326 valence electrons. The smallest absolute Gasteiger partial charge is 0.335 e. The summed E-state index contributed by atoms with van der Waals surface area (Å²) in [6.45, 7) is 14.8. The maximum atomic E-state index is 14.8. The van der Waals surface area contributed by atoms with Crippen LogP contribution in [0.3, 0.4) is 0 Å². The Kier molecular flexibility index (Phi) is 10.7. The standard InChI is InChI=1S/C42H62O16/c1-37(2)21-8-11-42(7)31(20(43)16-18-19-17-39(4,36(53)54)13-12-38(19,3)14-15-41(18,42)6)40(21,5)10-9-22(37)55-35-30(26(47)25(46)29(57-35)33(51)52)58-34-27(48)23(44)24(45)28(56-34)32(49)50/h16,19,21-31,34-35,44-48H,8-15,17H2,1-7H3,(H,49,50)(H,51,52)(H,53,54)/t19-,21-,22-,23?,24?,25?,26?,27?,28?,29?,30?,31+,34?,35?,38+,39-,40-,41+,42+/m0/s1. The Morgan fingerprint density at radius 3 is 1.88 bits per heavy atom. The van der Waals surface area contributed by atoms with Crippen LogP contribution in [0.4, 0.5) is 0 Å². The molecule has 0 amide bonds. The molecule has 16 heteroatoms. The van der Waals surface area contributed by atoms with Gasteiger partial charge in [-0.05, 0) is 110 Å². The normalized spacial score (nSPS) is 52.6. The lowest BCUT2D eigenvalue weighted by atomic mass is 9.33. The van der Waals surface area contributed by atoms with Gasteiger partial charge in [-0.2, -0.15) is 0 Å². The Balaban J connectivity index is 1.17. The predicted octanol–water partition coefficient (Wildman–Crippen LogP) is 2.25. The number of hydrogen-bond acceptors (Lipinski definition) is 13. The fourth-order valence-corrected chi connectivity index (χ4v) is 13.4. The van der Waals surface area contributed by atoms with Crippen molar-refractivity contribution in [3.05, 3.63) is 11.6 Å². The van der Waals surface area contributed by atoms with Crippen LogP contribution >= 0.6 is 0 Å². The molecule has 10 unspecified atom stereocenters. The number of aliphatic hydroxyl groups is 5. The van der Waals surface area contributed by atoms with E-state index in [1.54, 1.807) is 0 Å². The van der Waals surface area contributed by atoms with Crippen molar-refractivity contribution >= 4 is 23.7 Å². The quantitative estimate of drug-likeness (QED) is 0.171. The van der Waals surface area contributed by atoms with Crippen LogP contribution in [0.2, 0.25) is 0 Å². The largest absolute Gasteiger partial charge is 0.481 e. The van der Waals surface area contributed by atoms with Crippen molar-refractivity contribution in [1.29, 1.82) is 0 Å². The summed E-state index contributed by atoms with van der Waals surface area (Å²) in [5.41, 5.74) is -1.81. The van der Waals surface area contributed by atoms with Gasteiger partial charge in [0.25, 0.3) is 0 Å². The molecule has 58 heavy (non-hydrogen) atoms. The van der Waals surface area contributed by atoms with Gasteiger partial charge in [-0.3, -0.25) is 9.59 Å². The first-order valence-corrected chi connectivity index (χ1v) is 20.7. The number of aliphatic hydroxyl groups excluding tert-OH is 5. The summed E-state index contributed by atoms with van der Waals surface area (Å²) in [7, 11) is 0. The van der Waals surface area contributed by atoms with Crippen LogP contribution in [0, 0.1) is 50.2 Å². The number of allylic oxidation sites excluding steroid dienone is 2. The molecule has 0 radical (unpaired) electrons. The number of aliphatic carboxylic acids is 3. The molecule has 0 spiro atoms. The van der Waals surface area contributed by atoms with E-state index in [1.807, 2.05) is 26.8 Å². The fourth-order valence-electron chi connectivity index (χ4n) is 13.4. The van der Waals surface area contributed by atoms with E-state index < -0.39 is 107 Å². The van der Waals surface area contributed by atoms with E-state index in [0.29, 0.717) is 25.7 Å². The molecule has 0 aromatic rings. The second-order valence-electron chi connectivity index (χ2n) is 20.6. The third-order valence-electron chi connectivity index (χ3n) is 17.2. The molecule has 0 bridgehead atoms. The molecule has 2 heterocycles. The summed E-state index contributed by atoms with van der Waals surface area (Å²) in [5, 5.41) is 83.0. The highest BCUT2D eigenvalue weighted by molar-refractivity contribution is 5.95. The fraction of sp³-hybridized carbons (Fsp3) is 0.857. The molecule has 7 rings (SSSR count). The SMILES string of the molecule is CC1(C)[C@@H](OC2OC(C(=O)O)C(O)C(O)C2OC2OC(C(=O)O)C(O)C(O)C2O)CC[C@]2(C)[C@H]3C(=O)C=C4[C@@H]5C[C@@](C)(C(=O)O)CC[C@]5(C)CC[C@@]4(C)[C@]3(C)CC[C@@H]12. The van der Waals surface area contributed by atoms with E-state index in [9.17, 15) is 60.0 Å². The Morgan fingerprint density at radius 1 is 0.690 bits per heavy atom. The maximum Gasteiger partial charge on any atom is 0.335 e. The Bertz CT molecular complexity index is 1730. The van der Waals surface area contributed by atoms with Crippen molar-refractivity contribution in [2.24, 2.45) is 50.2 Å². The second kappa shape index (κ2) is 14.3. The summed E-state index contributed by atoms with van der Waals surface area (Å²) >= 11 is 0. The van der Waals surface area contributed by atoms with Crippen molar-refractivity contribution in [3.8, 4) is 0 Å². The summed E-state index contributed by atoms with van der Waals surface area (Å²) in [4.78, 5) is 51.3. The summed E-state index contributed by atoms with van der Waals surface area (Å²) < 4.78 is 23.4. The lowest BCUT2D eigenvalue weighted by Gasteiger charge is -2.70. The van der Waals surface area contributed by atoms with E-state index in [0.717, 1.165) is 37.7 Å². The van der Waals surface area contributed by atoms with Gasteiger partial charge in [0.15, 0.2) is 30.6 Å². The number of carbonyl (C=O) groups excluding carboxylic acids is 1. The summed E-state index contributed by atoms with van der Waals surface area (Å²) in [6, 6.07) is 0. The molecular formula is C42H62O16. The lowest BCUT2D eigenvalue weighted by molar-refractivity contribution is -0.371. The third-order valence-corrected chi connectivity index (χ3v) is 17.2. The van der Waals surface area contributed by atoms with Crippen LogP contribution < -0.4 is 0 Å². The molecule has 0 aromatic heterocycles. The average molecular weight is 823 g/mol. The number of ketones is 1. The molecule has 2 aliphatic heterocycles. The monoisotopic (exact) mass is 822 g/mol. The number of fused-ring (bicyclic) bond motifs is 7. The van der Waals surface area contributed by atoms with Gasteiger partial charge in [-0.1, -0.05) is 47.1 Å². The Labute approximate surface area is 337 Å². The molecule has 4 saturated carbocycles. The first-order chi connectivity index (χ1) is 26.8. The van der Waals surface area contributed by atoms with Crippen molar-refractivity contribution in [2.75, 3.05) is 0 Å². The Hall–Kier alpha value is -2.54. The first kappa shape index (κ1) is 43.5. The zero-order chi connectivity index (χ0) is 42.9. The van der Waals surface area contributed by atoms with Gasteiger partial charge in [0.2, 0.25) is 0 Å². The Morgan fingerprint density at radius 2 is 1.28 bits per heavy atom. The zero-order valence-electron chi connectivity index (χ0n) is 34.4. The van der Waals surface area contributed by atoms with E-state index >= 15 is 0 Å². The maximum absolute atomic E-state index is 14.8. The molecule has 8 N–H and O–H groups in total. The van der Waals surface area contributed by atoms with E-state index in [1.165, 1.54) is 0 Å². The van der Waals surface area contributed by atoms with E-state index in [2.05, 4.69) is 27.7 Å². The van der Waals surface area contributed by atoms with Crippen LogP contribution in [0.5, 0.6) is 0 Å². The van der Waals surface area contributed by atoms with Gasteiger partial charge in [0.1, 0.15) is 36.6 Å². The minimum atomic E-state index is -2.05. The number of carboxylic acid groups (broad SMARTS) is 3. The minimum absolute atomic E-state index is 0.0217. The van der Waals surface area contributed by atoms with Gasteiger partial charge in [0.05, 0.1) is 11.5 Å². The zero-order valence-corrected chi connectivity index (χ0v) is 34.4. The molecule has 6 fully saturated rings. The van der Waals surface area contributed by atoms with Crippen molar-refractivity contribution in [2.45, 2.75) is 174 Å². The van der Waals surface area contributed by atoms with Crippen LogP contribution in [-0.2, 0) is 38.1 Å². The molecule has 16 nitrogen and oxygen atoms in total. The molecule has 0 aromatic carbocycles. The van der Waals surface area contributed by atoms with Crippen molar-refractivity contribution in [3.63, 3.8) is 0 Å². The van der Waals surface area contributed by atoms with Gasteiger partial charge >= 0.3 is 17.9 Å². The van der Waals surface area contributed by atoms with Crippen LogP contribution in [0.1, 0.15) is 106 Å². The first-order valence-electron chi connectivity index (χ1n) is 20.7. The molecule has 5 aliphatic carbocycles. The topological polar surface area (TPSA) is 267 Å². The summed E-state index contributed by atoms with van der Waals surface area (Å²) in [6.07, 6.45) is -12.2. The number of rotatable bonds is 7. The highest BCUT2D eigenvalue weighted by Gasteiger charge is 2.71. The van der Waals surface area contributed by atoms with E-state index in [-0.39, 0.29) is 34.4 Å². The number of ether oxygens (including phenoxy) is 4. The van der Waals surface area contributed by atoms with E-state index in [4.69, 9.17) is 18.9 Å². The van der Waals surface area contributed by atoms with Gasteiger partial charge in [-0.25, -0.2) is 9.59 Å². The third kappa shape index (κ3) is 6.25. The average Bonchev–Trinajstić information content (AvgIpc) is 3.13. The van der Waals surface area contributed by atoms with Crippen LogP contribution in [-0.4, -0.2) is 132 Å². The summed E-state index contributed by atoms with van der Waals surface area (Å²) in [5.74, 6) is -4.47. The minimum Gasteiger partial charge on any atom is -0.481 e. The highest BCUT2D eigenvalue weighted by atomic mass is 16.8. The number of carboxylic acids is 3. The van der Waals surface area contributed by atoms with Crippen molar-refractivity contribution in [1.82, 2.24) is 0 Å². The molecule has 7 aliphatic rings. The van der Waals surface area contributed by atoms with Gasteiger partial charge in [0, 0.05) is 5.92 Å². The van der Waals surface area contributed by atoms with Gasteiger partial charge < -0.3 is 59.8 Å². The molecular weight excluding hydrogens is 760 g/mol. The second-order valence-corrected chi connectivity index (χ2v) is 20.6. The van der Waals surface area contributed by atoms with Crippen LogP contribution in [0.15, 0.2) is 11.6 Å². The number of carbonyl (C=O) groups is 4. The predicted molar refractivity (Wildman–Crippen MR) is 199 cm³/mol. The molecule has 2 saturated heterocycles. The van der Waals surface area contributed by atoms with Crippen molar-refractivity contribution < 1.29 is 79.0 Å². The van der Waals surface area contributed by atoms with Crippen LogP contribution in [0.25, 0.3) is 0 Å². The van der Waals surface area contributed by atoms with Gasteiger partial charge in [-0.15, -0.1) is 0 Å². The molecule has 19 atom stereocenters.